The van der Waals surface area contributed by atoms with Crippen LogP contribution >= 0.6 is 0 Å². The van der Waals surface area contributed by atoms with Crippen molar-refractivity contribution in [2.75, 3.05) is 13.1 Å². The standard InChI is InChI=1S/C17H19N3O2/c1-12-10-20(11-13(2)22-12)17(21)8-7-14-9-18-15-5-3-4-6-16(15)19-14/h3-9,12-13H,10-11H2,1-2H3/b8-7+/t12-,13-/m0/s1. The molecule has 2 aromatic rings. The Hall–Kier alpha value is -2.27. The number of para-hydroxylation sites is 2. The maximum Gasteiger partial charge on any atom is 0.246 e. The first kappa shape index (κ1) is 14.7. The predicted molar refractivity (Wildman–Crippen MR) is 85.2 cm³/mol. The van der Waals surface area contributed by atoms with E-state index in [0.29, 0.717) is 18.8 Å². The van der Waals surface area contributed by atoms with Crippen LogP contribution in [0.15, 0.2) is 36.5 Å². The van der Waals surface area contributed by atoms with Gasteiger partial charge in [0, 0.05) is 19.2 Å². The zero-order chi connectivity index (χ0) is 15.5. The molecule has 0 saturated carbocycles. The molecule has 0 bridgehead atoms. The molecule has 0 spiro atoms. The number of nitrogens with zero attached hydrogens (tertiary/aromatic N) is 3. The number of rotatable bonds is 2. The van der Waals surface area contributed by atoms with Gasteiger partial charge >= 0.3 is 0 Å². The van der Waals surface area contributed by atoms with Crippen molar-refractivity contribution in [3.05, 3.63) is 42.2 Å². The highest BCUT2D eigenvalue weighted by molar-refractivity contribution is 5.91. The SMILES string of the molecule is C[C@H]1CN(C(=O)/C=C/c2cnc3ccccc3n2)C[C@H](C)O1. The van der Waals surface area contributed by atoms with E-state index in [1.165, 1.54) is 0 Å². The topological polar surface area (TPSA) is 55.3 Å². The fraction of sp³-hybridized carbons (Fsp3) is 0.353. The van der Waals surface area contributed by atoms with Crippen molar-refractivity contribution >= 4 is 23.0 Å². The Morgan fingerprint density at radius 1 is 1.23 bits per heavy atom. The Labute approximate surface area is 129 Å². The quantitative estimate of drug-likeness (QED) is 0.798. The molecule has 2 heterocycles. The van der Waals surface area contributed by atoms with Crippen molar-refractivity contribution < 1.29 is 9.53 Å². The lowest BCUT2D eigenvalue weighted by Gasteiger charge is -2.34. The first-order valence-corrected chi connectivity index (χ1v) is 7.46. The number of ether oxygens (including phenoxy) is 1. The van der Waals surface area contributed by atoms with Crippen molar-refractivity contribution in [3.8, 4) is 0 Å². The van der Waals surface area contributed by atoms with Crippen LogP contribution in [0.25, 0.3) is 17.1 Å². The van der Waals surface area contributed by atoms with Crippen molar-refractivity contribution in [2.45, 2.75) is 26.1 Å². The Bertz CT molecular complexity index is 704. The van der Waals surface area contributed by atoms with Gasteiger partial charge in [-0.3, -0.25) is 9.78 Å². The summed E-state index contributed by atoms with van der Waals surface area (Å²) in [6.45, 7) is 5.21. The van der Waals surface area contributed by atoms with Gasteiger partial charge in [-0.15, -0.1) is 0 Å². The first-order chi connectivity index (χ1) is 10.6. The van der Waals surface area contributed by atoms with E-state index in [0.717, 1.165) is 11.0 Å². The molecule has 1 aliphatic heterocycles. The van der Waals surface area contributed by atoms with Crippen LogP contribution in [0, 0.1) is 0 Å². The molecule has 1 saturated heterocycles. The molecule has 1 aliphatic rings. The minimum atomic E-state index is -0.0167. The van der Waals surface area contributed by atoms with Gasteiger partial charge in [-0.25, -0.2) is 4.98 Å². The lowest BCUT2D eigenvalue weighted by molar-refractivity contribution is -0.137. The normalized spacial score (nSPS) is 22.4. The fourth-order valence-corrected chi connectivity index (χ4v) is 2.67. The summed E-state index contributed by atoms with van der Waals surface area (Å²) in [4.78, 5) is 22.9. The Morgan fingerprint density at radius 2 is 1.91 bits per heavy atom. The molecule has 0 unspecified atom stereocenters. The molecule has 2 atom stereocenters. The summed E-state index contributed by atoms with van der Waals surface area (Å²) in [5, 5.41) is 0. The van der Waals surface area contributed by atoms with Gasteiger partial charge in [0.2, 0.25) is 5.91 Å². The van der Waals surface area contributed by atoms with Crippen LogP contribution in [0.4, 0.5) is 0 Å². The smallest absolute Gasteiger partial charge is 0.246 e. The van der Waals surface area contributed by atoms with Gasteiger partial charge in [-0.2, -0.15) is 0 Å². The van der Waals surface area contributed by atoms with Crippen molar-refractivity contribution in [3.63, 3.8) is 0 Å². The summed E-state index contributed by atoms with van der Waals surface area (Å²) in [5.41, 5.74) is 2.36. The molecule has 1 fully saturated rings. The summed E-state index contributed by atoms with van der Waals surface area (Å²) in [6, 6.07) is 7.67. The molecule has 5 nitrogen and oxygen atoms in total. The molecule has 1 aromatic heterocycles. The lowest BCUT2D eigenvalue weighted by Crippen LogP contribution is -2.47. The molecule has 0 aliphatic carbocycles. The van der Waals surface area contributed by atoms with Crippen LogP contribution in [0.5, 0.6) is 0 Å². The van der Waals surface area contributed by atoms with Gasteiger partial charge < -0.3 is 9.64 Å². The monoisotopic (exact) mass is 297 g/mol. The highest BCUT2D eigenvalue weighted by Gasteiger charge is 2.24. The van der Waals surface area contributed by atoms with Crippen molar-refractivity contribution in [1.82, 2.24) is 14.9 Å². The van der Waals surface area contributed by atoms with E-state index in [4.69, 9.17) is 4.74 Å². The van der Waals surface area contributed by atoms with E-state index in [2.05, 4.69) is 9.97 Å². The second kappa shape index (κ2) is 6.23. The zero-order valence-corrected chi connectivity index (χ0v) is 12.8. The highest BCUT2D eigenvalue weighted by Crippen LogP contribution is 2.12. The molecule has 1 aromatic carbocycles. The van der Waals surface area contributed by atoms with Gasteiger partial charge in [0.1, 0.15) is 0 Å². The summed E-state index contributed by atoms with van der Waals surface area (Å²) in [6.07, 6.45) is 5.09. The molecule has 1 amide bonds. The van der Waals surface area contributed by atoms with E-state index in [1.807, 2.05) is 43.0 Å². The van der Waals surface area contributed by atoms with Gasteiger partial charge in [0.05, 0.1) is 35.1 Å². The summed E-state index contributed by atoms with van der Waals surface area (Å²) in [5.74, 6) is -0.0167. The number of morpholine rings is 1. The van der Waals surface area contributed by atoms with Crippen LogP contribution < -0.4 is 0 Å². The number of benzene rings is 1. The Morgan fingerprint density at radius 3 is 2.64 bits per heavy atom. The number of carbonyl (C=O) groups is 1. The third kappa shape index (κ3) is 3.31. The van der Waals surface area contributed by atoms with Crippen LogP contribution in [0.1, 0.15) is 19.5 Å². The minimum absolute atomic E-state index is 0.0167. The average molecular weight is 297 g/mol. The predicted octanol–water partition coefficient (Wildman–Crippen LogP) is 2.28. The fourth-order valence-electron chi connectivity index (χ4n) is 2.67. The first-order valence-electron chi connectivity index (χ1n) is 7.46. The van der Waals surface area contributed by atoms with Crippen LogP contribution in [-0.2, 0) is 9.53 Å². The lowest BCUT2D eigenvalue weighted by atomic mass is 10.2. The zero-order valence-electron chi connectivity index (χ0n) is 12.8. The molecule has 114 valence electrons. The van der Waals surface area contributed by atoms with E-state index < -0.39 is 0 Å². The number of fused-ring (bicyclic) bond motifs is 1. The third-order valence-corrected chi connectivity index (χ3v) is 3.60. The Kier molecular flexibility index (Phi) is 4.15. The largest absolute Gasteiger partial charge is 0.372 e. The van der Waals surface area contributed by atoms with E-state index >= 15 is 0 Å². The van der Waals surface area contributed by atoms with Gasteiger partial charge in [0.25, 0.3) is 0 Å². The summed E-state index contributed by atoms with van der Waals surface area (Å²) in [7, 11) is 0. The Balaban J connectivity index is 1.73. The molecular formula is C17H19N3O2. The minimum Gasteiger partial charge on any atom is -0.372 e. The van der Waals surface area contributed by atoms with Crippen molar-refractivity contribution in [1.29, 1.82) is 0 Å². The number of carbonyl (C=O) groups excluding carboxylic acids is 1. The van der Waals surface area contributed by atoms with Crippen molar-refractivity contribution in [2.24, 2.45) is 0 Å². The van der Waals surface area contributed by atoms with Gasteiger partial charge in [-0.1, -0.05) is 12.1 Å². The number of hydrogen-bond acceptors (Lipinski definition) is 4. The van der Waals surface area contributed by atoms with Crippen LogP contribution in [-0.4, -0.2) is 46.1 Å². The van der Waals surface area contributed by atoms with Crippen LogP contribution in [0.2, 0.25) is 0 Å². The maximum absolute atomic E-state index is 12.3. The van der Waals surface area contributed by atoms with Crippen LogP contribution in [0.3, 0.4) is 0 Å². The second-order valence-corrected chi connectivity index (χ2v) is 5.62. The number of hydrogen-bond donors (Lipinski definition) is 0. The molecule has 0 radical (unpaired) electrons. The molecule has 5 heteroatoms. The maximum atomic E-state index is 12.3. The van der Waals surface area contributed by atoms with Gasteiger partial charge in [-0.05, 0) is 32.1 Å². The van der Waals surface area contributed by atoms with E-state index in [9.17, 15) is 4.79 Å². The number of aromatic nitrogens is 2. The summed E-state index contributed by atoms with van der Waals surface area (Å²) >= 11 is 0. The van der Waals surface area contributed by atoms with Gasteiger partial charge in [0.15, 0.2) is 0 Å². The molecule has 0 N–H and O–H groups in total. The van der Waals surface area contributed by atoms with E-state index in [-0.39, 0.29) is 18.1 Å². The third-order valence-electron chi connectivity index (χ3n) is 3.60. The van der Waals surface area contributed by atoms with E-state index in [1.54, 1.807) is 18.3 Å². The molecule has 22 heavy (non-hydrogen) atoms. The molecular weight excluding hydrogens is 278 g/mol. The average Bonchev–Trinajstić information content (AvgIpc) is 2.51. The molecule has 3 rings (SSSR count). The highest BCUT2D eigenvalue weighted by atomic mass is 16.5. The second-order valence-electron chi connectivity index (χ2n) is 5.62. The summed E-state index contributed by atoms with van der Waals surface area (Å²) < 4.78 is 5.64. The number of amides is 1.